The van der Waals surface area contributed by atoms with Gasteiger partial charge >= 0.3 is 0 Å². The minimum atomic E-state index is 0.255. The highest BCUT2D eigenvalue weighted by atomic mass is 16.2. The number of nitrogens with one attached hydrogen (secondary N) is 1. The van der Waals surface area contributed by atoms with Gasteiger partial charge in [-0.05, 0) is 12.5 Å². The van der Waals surface area contributed by atoms with E-state index in [1.54, 1.807) is 4.90 Å². The Balaban J connectivity index is 1.48. The van der Waals surface area contributed by atoms with Gasteiger partial charge in [-0.15, -0.1) is 0 Å². The molecule has 0 atom stereocenters. The number of nitrogens with zero attached hydrogens (tertiary/aromatic N) is 1. The van der Waals surface area contributed by atoms with Gasteiger partial charge in [0.1, 0.15) is 6.54 Å². The average Bonchev–Trinajstić information content (AvgIpc) is 2.58. The van der Waals surface area contributed by atoms with Gasteiger partial charge in [-0.2, -0.15) is 0 Å². The molecule has 0 spiro atoms. The summed E-state index contributed by atoms with van der Waals surface area (Å²) in [7, 11) is 0. The molecule has 1 N–H and O–H groups in total. The Hall–Kier alpha value is -2.13. The monoisotopic (exact) mass is 309 g/mol. The highest BCUT2D eigenvalue weighted by Crippen LogP contribution is 2.04. The van der Waals surface area contributed by atoms with Gasteiger partial charge < -0.3 is 9.80 Å². The molecule has 0 radical (unpaired) electrons. The van der Waals surface area contributed by atoms with Crippen molar-refractivity contribution in [1.82, 2.24) is 4.90 Å². The quantitative estimate of drug-likeness (QED) is 0.909. The zero-order valence-electron chi connectivity index (χ0n) is 13.8. The number of carbonyl (C=O) groups excluding carboxylic acids is 1. The van der Waals surface area contributed by atoms with Crippen LogP contribution < -0.4 is 4.90 Å². The molecule has 1 fully saturated rings. The Morgan fingerprint density at radius 2 is 1.61 bits per heavy atom. The average molecular weight is 309 g/mol. The van der Waals surface area contributed by atoms with Crippen LogP contribution in [0.1, 0.15) is 16.7 Å². The molecule has 1 heterocycles. The molecule has 23 heavy (non-hydrogen) atoms. The van der Waals surface area contributed by atoms with Crippen LogP contribution in [-0.2, 0) is 17.8 Å². The van der Waals surface area contributed by atoms with Crippen molar-refractivity contribution >= 4 is 5.91 Å². The lowest BCUT2D eigenvalue weighted by Gasteiger charge is -2.32. The fourth-order valence-corrected chi connectivity index (χ4v) is 3.13. The van der Waals surface area contributed by atoms with E-state index in [2.05, 4.69) is 31.2 Å². The minimum absolute atomic E-state index is 0.255. The van der Waals surface area contributed by atoms with E-state index in [1.165, 1.54) is 11.1 Å². The predicted molar refractivity (Wildman–Crippen MR) is 92.3 cm³/mol. The first-order chi connectivity index (χ1) is 11.2. The maximum Gasteiger partial charge on any atom is 0.227 e. The summed E-state index contributed by atoms with van der Waals surface area (Å²) in [5.74, 6) is 0.255. The van der Waals surface area contributed by atoms with E-state index in [-0.39, 0.29) is 5.91 Å². The summed E-state index contributed by atoms with van der Waals surface area (Å²) in [5, 5.41) is 0. The molecule has 120 valence electrons. The highest BCUT2D eigenvalue weighted by molar-refractivity contribution is 5.78. The SMILES string of the molecule is Cc1ccc(C[NH+]2CCN(C(=O)Cc3ccccc3)CC2)cc1. The number of piperazine rings is 1. The number of benzene rings is 2. The Bertz CT molecular complexity index is 628. The predicted octanol–water partition coefficient (Wildman–Crippen LogP) is 1.46. The summed E-state index contributed by atoms with van der Waals surface area (Å²) in [5.41, 5.74) is 3.79. The van der Waals surface area contributed by atoms with Crippen LogP contribution in [0.15, 0.2) is 54.6 Å². The fraction of sp³-hybridized carbons (Fsp3) is 0.350. The van der Waals surface area contributed by atoms with Crippen LogP contribution in [0.2, 0.25) is 0 Å². The molecular weight excluding hydrogens is 284 g/mol. The second kappa shape index (κ2) is 7.42. The van der Waals surface area contributed by atoms with E-state index >= 15 is 0 Å². The van der Waals surface area contributed by atoms with Crippen LogP contribution in [0.25, 0.3) is 0 Å². The zero-order valence-corrected chi connectivity index (χ0v) is 13.8. The number of amides is 1. The van der Waals surface area contributed by atoms with Crippen molar-refractivity contribution in [3.8, 4) is 0 Å². The van der Waals surface area contributed by atoms with Gasteiger partial charge in [0.15, 0.2) is 0 Å². The molecule has 3 rings (SSSR count). The summed E-state index contributed by atoms with van der Waals surface area (Å²) in [4.78, 5) is 16.0. The van der Waals surface area contributed by atoms with Gasteiger partial charge in [-0.25, -0.2) is 0 Å². The topological polar surface area (TPSA) is 24.8 Å². The van der Waals surface area contributed by atoms with E-state index in [4.69, 9.17) is 0 Å². The highest BCUT2D eigenvalue weighted by Gasteiger charge is 2.23. The molecule has 0 aromatic heterocycles. The number of hydrogen-bond donors (Lipinski definition) is 1. The first-order valence-corrected chi connectivity index (χ1v) is 8.41. The third-order valence-corrected chi connectivity index (χ3v) is 4.60. The van der Waals surface area contributed by atoms with E-state index in [9.17, 15) is 4.79 Å². The maximum atomic E-state index is 12.4. The molecule has 3 heteroatoms. The molecule has 1 amide bonds. The molecule has 0 bridgehead atoms. The van der Waals surface area contributed by atoms with Crippen molar-refractivity contribution in [2.75, 3.05) is 26.2 Å². The van der Waals surface area contributed by atoms with Gasteiger partial charge in [-0.1, -0.05) is 60.2 Å². The third kappa shape index (κ3) is 4.42. The van der Waals surface area contributed by atoms with Gasteiger partial charge in [0.05, 0.1) is 32.6 Å². The molecule has 1 saturated heterocycles. The lowest BCUT2D eigenvalue weighted by molar-refractivity contribution is -0.917. The molecular formula is C20H25N2O+. The molecule has 0 aliphatic carbocycles. The van der Waals surface area contributed by atoms with E-state index in [1.807, 2.05) is 35.2 Å². The Kier molecular flexibility index (Phi) is 5.09. The first kappa shape index (κ1) is 15.8. The summed E-state index contributed by atoms with van der Waals surface area (Å²) in [6.45, 7) is 6.98. The van der Waals surface area contributed by atoms with Gasteiger partial charge in [-0.3, -0.25) is 4.79 Å². The second-order valence-corrected chi connectivity index (χ2v) is 6.46. The van der Waals surface area contributed by atoms with E-state index < -0.39 is 0 Å². The Morgan fingerprint density at radius 3 is 2.26 bits per heavy atom. The number of carbonyl (C=O) groups is 1. The smallest absolute Gasteiger partial charge is 0.227 e. The lowest BCUT2D eigenvalue weighted by atomic mass is 10.1. The Morgan fingerprint density at radius 1 is 0.957 bits per heavy atom. The minimum Gasteiger partial charge on any atom is -0.331 e. The molecule has 3 nitrogen and oxygen atoms in total. The summed E-state index contributed by atoms with van der Waals surface area (Å²) in [6.07, 6.45) is 0.522. The molecule has 2 aromatic carbocycles. The third-order valence-electron chi connectivity index (χ3n) is 4.60. The van der Waals surface area contributed by atoms with Crippen molar-refractivity contribution in [3.63, 3.8) is 0 Å². The van der Waals surface area contributed by atoms with Crippen LogP contribution >= 0.6 is 0 Å². The first-order valence-electron chi connectivity index (χ1n) is 8.41. The summed E-state index contributed by atoms with van der Waals surface area (Å²) < 4.78 is 0. The normalized spacial score (nSPS) is 15.6. The molecule has 2 aromatic rings. The molecule has 0 unspecified atom stereocenters. The van der Waals surface area contributed by atoms with Crippen molar-refractivity contribution in [2.24, 2.45) is 0 Å². The van der Waals surface area contributed by atoms with Crippen LogP contribution in [-0.4, -0.2) is 37.0 Å². The molecule has 1 aliphatic heterocycles. The number of aryl methyl sites for hydroxylation is 1. The maximum absolute atomic E-state index is 12.4. The summed E-state index contributed by atoms with van der Waals surface area (Å²) >= 11 is 0. The Labute approximate surface area is 138 Å². The number of rotatable bonds is 4. The van der Waals surface area contributed by atoms with Gasteiger partial charge in [0.2, 0.25) is 5.91 Å². The van der Waals surface area contributed by atoms with Gasteiger partial charge in [0, 0.05) is 5.56 Å². The largest absolute Gasteiger partial charge is 0.331 e. The van der Waals surface area contributed by atoms with Crippen LogP contribution in [0.4, 0.5) is 0 Å². The van der Waals surface area contributed by atoms with Crippen molar-refractivity contribution < 1.29 is 9.69 Å². The standard InChI is InChI=1S/C20H24N2O/c1-17-7-9-19(10-8-17)16-21-11-13-22(14-12-21)20(23)15-18-5-3-2-4-6-18/h2-10H,11-16H2,1H3/p+1. The van der Waals surface area contributed by atoms with Crippen molar-refractivity contribution in [1.29, 1.82) is 0 Å². The van der Waals surface area contributed by atoms with E-state index in [0.29, 0.717) is 6.42 Å². The van der Waals surface area contributed by atoms with Crippen molar-refractivity contribution in [2.45, 2.75) is 19.9 Å². The van der Waals surface area contributed by atoms with Crippen LogP contribution in [0.5, 0.6) is 0 Å². The van der Waals surface area contributed by atoms with Crippen molar-refractivity contribution in [3.05, 3.63) is 71.3 Å². The molecule has 0 saturated carbocycles. The van der Waals surface area contributed by atoms with E-state index in [0.717, 1.165) is 38.3 Å². The zero-order chi connectivity index (χ0) is 16.1. The van der Waals surface area contributed by atoms with Crippen LogP contribution in [0.3, 0.4) is 0 Å². The van der Waals surface area contributed by atoms with Crippen LogP contribution in [0, 0.1) is 6.92 Å². The number of quaternary nitrogens is 1. The molecule has 1 aliphatic rings. The second-order valence-electron chi connectivity index (χ2n) is 6.46. The fourth-order valence-electron chi connectivity index (χ4n) is 3.13. The summed E-state index contributed by atoms with van der Waals surface area (Å²) in [6, 6.07) is 18.8. The lowest BCUT2D eigenvalue weighted by Crippen LogP contribution is -3.13. The van der Waals surface area contributed by atoms with Gasteiger partial charge in [0.25, 0.3) is 0 Å². The number of hydrogen-bond acceptors (Lipinski definition) is 1.